The van der Waals surface area contributed by atoms with E-state index in [1.807, 2.05) is 0 Å². The number of hydrogen-bond donors (Lipinski definition) is 1. The number of rotatable bonds is 1. The molecule has 0 heterocycles. The number of aromatic carboxylic acids is 1. The second-order valence-electron chi connectivity index (χ2n) is 3.12. The summed E-state index contributed by atoms with van der Waals surface area (Å²) < 4.78 is 0. The lowest BCUT2D eigenvalue weighted by Gasteiger charge is -2.11. The number of ketones is 1. The van der Waals surface area contributed by atoms with Gasteiger partial charge in [0, 0.05) is 5.56 Å². The van der Waals surface area contributed by atoms with Crippen LogP contribution in [0.15, 0.2) is 30.4 Å². The first-order chi connectivity index (χ1) is 6.70. The number of hydrogen-bond acceptors (Lipinski definition) is 2. The van der Waals surface area contributed by atoms with Gasteiger partial charge in [-0.25, -0.2) is 4.79 Å². The molecule has 0 aliphatic heterocycles. The van der Waals surface area contributed by atoms with E-state index in [0.29, 0.717) is 12.0 Å². The summed E-state index contributed by atoms with van der Waals surface area (Å²) in [6.45, 7) is 0. The van der Waals surface area contributed by atoms with Gasteiger partial charge in [-0.2, -0.15) is 0 Å². The van der Waals surface area contributed by atoms with Gasteiger partial charge in [0.25, 0.3) is 0 Å². The predicted octanol–water partition coefficient (Wildman–Crippen LogP) is 1.68. The van der Waals surface area contributed by atoms with Crippen molar-refractivity contribution in [2.24, 2.45) is 0 Å². The maximum atomic E-state index is 11.5. The maximum Gasteiger partial charge on any atom is 0.336 e. The first-order valence-electron chi connectivity index (χ1n) is 4.26. The molecule has 0 aromatic heterocycles. The molecule has 0 saturated carbocycles. The van der Waals surface area contributed by atoms with Gasteiger partial charge in [0.15, 0.2) is 5.78 Å². The molecule has 1 aromatic carbocycles. The third kappa shape index (κ3) is 1.23. The van der Waals surface area contributed by atoms with Gasteiger partial charge < -0.3 is 5.11 Å². The Morgan fingerprint density at radius 1 is 1.36 bits per heavy atom. The predicted molar refractivity (Wildman–Crippen MR) is 50.6 cm³/mol. The van der Waals surface area contributed by atoms with E-state index in [1.165, 1.54) is 12.1 Å². The fourth-order valence-electron chi connectivity index (χ4n) is 1.62. The second kappa shape index (κ2) is 3.10. The van der Waals surface area contributed by atoms with Crippen molar-refractivity contribution in [2.45, 2.75) is 6.42 Å². The fourth-order valence-corrected chi connectivity index (χ4v) is 1.62. The van der Waals surface area contributed by atoms with E-state index in [-0.39, 0.29) is 11.3 Å². The van der Waals surface area contributed by atoms with Crippen LogP contribution in [0.4, 0.5) is 0 Å². The molecule has 0 unspecified atom stereocenters. The third-order valence-corrected chi connectivity index (χ3v) is 2.23. The molecule has 0 spiro atoms. The Balaban J connectivity index is 2.67. The average Bonchev–Trinajstić information content (AvgIpc) is 2.17. The van der Waals surface area contributed by atoms with E-state index in [0.717, 1.165) is 5.56 Å². The second-order valence-corrected chi connectivity index (χ2v) is 3.12. The quantitative estimate of drug-likeness (QED) is 0.729. The standard InChI is InChI=1S/C11H8O3/c12-9-6-2-4-7-3-1-5-8(10(7)9)11(13)14/h1-3,5-6H,4H2,(H,13,14). The van der Waals surface area contributed by atoms with Crippen LogP contribution in [0.25, 0.3) is 0 Å². The highest BCUT2D eigenvalue weighted by Gasteiger charge is 2.20. The molecule has 70 valence electrons. The molecule has 0 fully saturated rings. The third-order valence-electron chi connectivity index (χ3n) is 2.23. The average molecular weight is 188 g/mol. The smallest absolute Gasteiger partial charge is 0.336 e. The Kier molecular flexibility index (Phi) is 1.93. The summed E-state index contributed by atoms with van der Waals surface area (Å²) in [5.74, 6) is -1.27. The summed E-state index contributed by atoms with van der Waals surface area (Å²) in [7, 11) is 0. The molecule has 0 radical (unpaired) electrons. The van der Waals surface area contributed by atoms with Gasteiger partial charge in [-0.05, 0) is 24.1 Å². The van der Waals surface area contributed by atoms with E-state index in [4.69, 9.17) is 5.11 Å². The highest BCUT2D eigenvalue weighted by atomic mass is 16.4. The summed E-state index contributed by atoms with van der Waals surface area (Å²) in [5, 5.41) is 8.88. The van der Waals surface area contributed by atoms with Gasteiger partial charge in [0.1, 0.15) is 0 Å². The molecule has 2 rings (SSSR count). The summed E-state index contributed by atoms with van der Waals surface area (Å²) in [5.41, 5.74) is 1.22. The van der Waals surface area contributed by atoms with Gasteiger partial charge in [-0.3, -0.25) is 4.79 Å². The van der Waals surface area contributed by atoms with E-state index >= 15 is 0 Å². The van der Waals surface area contributed by atoms with Crippen molar-refractivity contribution in [1.29, 1.82) is 0 Å². The van der Waals surface area contributed by atoms with Crippen molar-refractivity contribution in [3.05, 3.63) is 47.0 Å². The number of fused-ring (bicyclic) bond motifs is 1. The summed E-state index contributed by atoms with van der Waals surface area (Å²) in [6.07, 6.45) is 3.80. The summed E-state index contributed by atoms with van der Waals surface area (Å²) >= 11 is 0. The van der Waals surface area contributed by atoms with Crippen LogP contribution in [0, 0.1) is 0 Å². The zero-order chi connectivity index (χ0) is 10.1. The lowest BCUT2D eigenvalue weighted by atomic mass is 9.91. The number of benzene rings is 1. The molecular weight excluding hydrogens is 180 g/mol. The van der Waals surface area contributed by atoms with Crippen LogP contribution >= 0.6 is 0 Å². The molecule has 1 N–H and O–H groups in total. The topological polar surface area (TPSA) is 54.4 Å². The van der Waals surface area contributed by atoms with E-state index in [9.17, 15) is 9.59 Å². The molecule has 3 nitrogen and oxygen atoms in total. The Hall–Kier alpha value is -1.90. The molecule has 0 atom stereocenters. The normalized spacial score (nSPS) is 13.9. The molecule has 1 aromatic rings. The molecule has 0 bridgehead atoms. The number of carbonyl (C=O) groups excluding carboxylic acids is 1. The number of carbonyl (C=O) groups is 2. The lowest BCUT2D eigenvalue weighted by molar-refractivity contribution is 0.0692. The molecule has 0 amide bonds. The largest absolute Gasteiger partial charge is 0.478 e. The van der Waals surface area contributed by atoms with Gasteiger partial charge in [0.2, 0.25) is 0 Å². The van der Waals surface area contributed by atoms with Crippen LogP contribution in [0.1, 0.15) is 26.3 Å². The Labute approximate surface area is 80.7 Å². The minimum Gasteiger partial charge on any atom is -0.478 e. The Bertz CT molecular complexity index is 444. The summed E-state index contributed by atoms with van der Waals surface area (Å²) in [4.78, 5) is 22.3. The Morgan fingerprint density at radius 3 is 2.86 bits per heavy atom. The van der Waals surface area contributed by atoms with Gasteiger partial charge in [-0.15, -0.1) is 0 Å². The summed E-state index contributed by atoms with van der Waals surface area (Å²) in [6, 6.07) is 4.90. The number of carboxylic acid groups (broad SMARTS) is 1. The van der Waals surface area contributed by atoms with E-state index in [2.05, 4.69) is 0 Å². The van der Waals surface area contributed by atoms with E-state index in [1.54, 1.807) is 18.2 Å². The minimum atomic E-state index is -1.05. The monoisotopic (exact) mass is 188 g/mol. The van der Waals surface area contributed by atoms with Gasteiger partial charge in [0.05, 0.1) is 5.56 Å². The lowest BCUT2D eigenvalue weighted by Crippen LogP contribution is -2.12. The zero-order valence-electron chi connectivity index (χ0n) is 7.36. The van der Waals surface area contributed by atoms with Crippen LogP contribution in [0.2, 0.25) is 0 Å². The Morgan fingerprint density at radius 2 is 2.14 bits per heavy atom. The van der Waals surface area contributed by atoms with E-state index < -0.39 is 5.97 Å². The molecule has 1 aliphatic carbocycles. The van der Waals surface area contributed by atoms with Crippen LogP contribution in [-0.4, -0.2) is 16.9 Å². The van der Waals surface area contributed by atoms with Crippen molar-refractivity contribution in [3.63, 3.8) is 0 Å². The van der Waals surface area contributed by atoms with Crippen molar-refractivity contribution < 1.29 is 14.7 Å². The maximum absolute atomic E-state index is 11.5. The van der Waals surface area contributed by atoms with Crippen LogP contribution in [0.3, 0.4) is 0 Å². The SMILES string of the molecule is O=C(O)c1cccc2c1C(=O)C=CC2. The molecule has 14 heavy (non-hydrogen) atoms. The molecule has 3 heteroatoms. The van der Waals surface area contributed by atoms with Crippen LogP contribution < -0.4 is 0 Å². The molecule has 0 saturated heterocycles. The van der Waals surface area contributed by atoms with Crippen molar-refractivity contribution in [2.75, 3.05) is 0 Å². The number of carboxylic acids is 1. The van der Waals surface area contributed by atoms with Crippen LogP contribution in [0.5, 0.6) is 0 Å². The molecular formula is C11H8O3. The highest BCUT2D eigenvalue weighted by Crippen LogP contribution is 2.20. The van der Waals surface area contributed by atoms with Crippen molar-refractivity contribution >= 4 is 11.8 Å². The van der Waals surface area contributed by atoms with Crippen LogP contribution in [-0.2, 0) is 6.42 Å². The first-order valence-corrected chi connectivity index (χ1v) is 4.26. The highest BCUT2D eigenvalue weighted by molar-refractivity contribution is 6.12. The zero-order valence-corrected chi connectivity index (χ0v) is 7.36. The fraction of sp³-hybridized carbons (Fsp3) is 0.0909. The minimum absolute atomic E-state index is 0.0943. The van der Waals surface area contributed by atoms with Crippen molar-refractivity contribution in [3.8, 4) is 0 Å². The van der Waals surface area contributed by atoms with Gasteiger partial charge in [-0.1, -0.05) is 18.2 Å². The van der Waals surface area contributed by atoms with Crippen molar-refractivity contribution in [1.82, 2.24) is 0 Å². The molecule has 1 aliphatic rings. The number of allylic oxidation sites excluding steroid dienone is 2. The first kappa shape index (κ1) is 8.69. The van der Waals surface area contributed by atoms with Gasteiger partial charge >= 0.3 is 5.97 Å².